The molecule has 3 aromatic rings. The summed E-state index contributed by atoms with van der Waals surface area (Å²) in [6.07, 6.45) is -0.0241. The summed E-state index contributed by atoms with van der Waals surface area (Å²) in [6.45, 7) is 1.00. The first-order valence-corrected chi connectivity index (χ1v) is 13.3. The average Bonchev–Trinajstić information content (AvgIpc) is 3.37. The normalized spacial score (nSPS) is 26.4. The highest BCUT2D eigenvalue weighted by Gasteiger charge is 2.78. The number of unbranched alkanes of at least 4 members (excludes halogenated alkanes) is 1. The largest absolute Gasteiger partial charge is 0.497 e. The summed E-state index contributed by atoms with van der Waals surface area (Å²) < 4.78 is 29.1. The highest BCUT2D eigenvalue weighted by molar-refractivity contribution is 5.78. The van der Waals surface area contributed by atoms with Crippen molar-refractivity contribution in [3.05, 3.63) is 83.4 Å². The molecule has 1 saturated carbocycles. The lowest BCUT2D eigenvalue weighted by Gasteiger charge is -2.40. The van der Waals surface area contributed by atoms with E-state index in [0.717, 1.165) is 12.8 Å². The maximum absolute atomic E-state index is 13.3. The Bertz CT molecular complexity index is 1350. The van der Waals surface area contributed by atoms with Gasteiger partial charge in [-0.1, -0.05) is 42.5 Å². The number of methoxy groups -OCH3 is 3. The van der Waals surface area contributed by atoms with Crippen molar-refractivity contribution >= 4 is 5.97 Å². The number of carbonyl (C=O) groups excluding carboxylic acids is 1. The molecule has 0 unspecified atom stereocenters. The molecule has 3 aromatic carbocycles. The molecule has 1 aliphatic heterocycles. The van der Waals surface area contributed by atoms with E-state index in [1.54, 1.807) is 43.5 Å². The molecule has 0 bridgehead atoms. The van der Waals surface area contributed by atoms with Crippen LogP contribution in [0, 0.1) is 5.92 Å². The summed E-state index contributed by atoms with van der Waals surface area (Å²) in [5, 5.41) is 24.8. The van der Waals surface area contributed by atoms with E-state index in [1.807, 2.05) is 30.3 Å². The van der Waals surface area contributed by atoms with E-state index in [1.165, 1.54) is 14.2 Å². The fourth-order valence-corrected chi connectivity index (χ4v) is 6.30. The van der Waals surface area contributed by atoms with Crippen molar-refractivity contribution in [2.45, 2.75) is 36.1 Å². The standard InChI is InChI=1S/C31H35NO8/c1-36-21-13-11-20(12-14-21)31-26(19-9-5-4-6-10-19)25(29(34)38-3)28(33)30(31,35)27-23(37-2)17-22(18-24(27)40-31)39-16-8-7-15-32/h4-6,9-14,17-18,25-26,28,33,35H,7-8,15-16,32H2,1-3H3/t25-,26+,28-,30-,31+/m0/s1. The van der Waals surface area contributed by atoms with Crippen molar-refractivity contribution in [2.24, 2.45) is 11.7 Å². The molecule has 0 spiro atoms. The first kappa shape index (κ1) is 27.8. The maximum Gasteiger partial charge on any atom is 0.312 e. The van der Waals surface area contributed by atoms with E-state index in [0.29, 0.717) is 35.8 Å². The summed E-state index contributed by atoms with van der Waals surface area (Å²) >= 11 is 0. The summed E-state index contributed by atoms with van der Waals surface area (Å²) in [6, 6.07) is 19.6. The average molecular weight is 550 g/mol. The van der Waals surface area contributed by atoms with E-state index in [-0.39, 0.29) is 17.1 Å². The van der Waals surface area contributed by atoms with E-state index in [2.05, 4.69) is 0 Å². The van der Waals surface area contributed by atoms with Gasteiger partial charge in [0.25, 0.3) is 0 Å². The van der Waals surface area contributed by atoms with E-state index in [9.17, 15) is 15.0 Å². The molecule has 0 saturated heterocycles. The van der Waals surface area contributed by atoms with Gasteiger partial charge in [-0.3, -0.25) is 4.79 Å². The summed E-state index contributed by atoms with van der Waals surface area (Å²) in [7, 11) is 4.29. The Balaban J connectivity index is 1.76. The molecule has 1 heterocycles. The lowest BCUT2D eigenvalue weighted by molar-refractivity contribution is -0.161. The van der Waals surface area contributed by atoms with E-state index >= 15 is 0 Å². The lowest BCUT2D eigenvalue weighted by atomic mass is 9.70. The second-order valence-corrected chi connectivity index (χ2v) is 10.1. The number of fused-ring (bicyclic) bond motifs is 3. The number of aliphatic hydroxyl groups excluding tert-OH is 1. The Labute approximate surface area is 233 Å². The van der Waals surface area contributed by atoms with Crippen molar-refractivity contribution in [3.8, 4) is 23.0 Å². The van der Waals surface area contributed by atoms with Gasteiger partial charge >= 0.3 is 5.97 Å². The Morgan fingerprint density at radius 1 is 0.975 bits per heavy atom. The molecule has 0 aromatic heterocycles. The molecular weight excluding hydrogens is 514 g/mol. The maximum atomic E-state index is 13.3. The van der Waals surface area contributed by atoms with Gasteiger partial charge in [-0.25, -0.2) is 0 Å². The molecular formula is C31H35NO8. The molecule has 5 atom stereocenters. The van der Waals surface area contributed by atoms with Crippen LogP contribution in [-0.2, 0) is 20.7 Å². The topological polar surface area (TPSA) is 130 Å². The smallest absolute Gasteiger partial charge is 0.312 e. The molecule has 1 aliphatic carbocycles. The van der Waals surface area contributed by atoms with Gasteiger partial charge in [0.05, 0.1) is 39.4 Å². The van der Waals surface area contributed by atoms with Crippen molar-refractivity contribution in [1.29, 1.82) is 0 Å². The van der Waals surface area contributed by atoms with Crippen molar-refractivity contribution in [1.82, 2.24) is 0 Å². The molecule has 0 radical (unpaired) electrons. The molecule has 40 heavy (non-hydrogen) atoms. The third-order valence-electron chi connectivity index (χ3n) is 8.06. The molecule has 212 valence electrons. The Morgan fingerprint density at radius 2 is 1.70 bits per heavy atom. The minimum Gasteiger partial charge on any atom is -0.497 e. The fourth-order valence-electron chi connectivity index (χ4n) is 6.30. The van der Waals surface area contributed by atoms with Gasteiger partial charge in [-0.2, -0.15) is 0 Å². The zero-order valence-electron chi connectivity index (χ0n) is 22.8. The predicted octanol–water partition coefficient (Wildman–Crippen LogP) is 3.24. The molecule has 9 heteroatoms. The second-order valence-electron chi connectivity index (χ2n) is 10.1. The number of rotatable bonds is 10. The molecule has 0 amide bonds. The van der Waals surface area contributed by atoms with Gasteiger partial charge in [0.15, 0.2) is 11.2 Å². The number of benzene rings is 3. The van der Waals surface area contributed by atoms with E-state index < -0.39 is 35.1 Å². The highest BCUT2D eigenvalue weighted by Crippen LogP contribution is 2.70. The van der Waals surface area contributed by atoms with Crippen LogP contribution in [0.1, 0.15) is 35.4 Å². The Hall–Kier alpha value is -3.79. The molecule has 9 nitrogen and oxygen atoms in total. The summed E-state index contributed by atoms with van der Waals surface area (Å²) in [5.41, 5.74) is 3.32. The van der Waals surface area contributed by atoms with Gasteiger partial charge in [0, 0.05) is 18.1 Å². The lowest BCUT2D eigenvalue weighted by Crippen LogP contribution is -2.52. The fraction of sp³-hybridized carbons (Fsp3) is 0.387. The van der Waals surface area contributed by atoms with Gasteiger partial charge in [0.2, 0.25) is 0 Å². The minimum absolute atomic E-state index is 0.236. The number of ether oxygens (including phenoxy) is 5. The van der Waals surface area contributed by atoms with Gasteiger partial charge < -0.3 is 39.6 Å². The SMILES string of the molecule is COC(=O)[C@H]1[C@@H](c2ccccc2)[C@@]2(c3ccc(OC)cc3)Oc3cc(OCCCCN)cc(OC)c3[C@]2(O)[C@H]1O. The van der Waals surface area contributed by atoms with Crippen molar-refractivity contribution in [2.75, 3.05) is 34.5 Å². The Morgan fingerprint density at radius 3 is 2.33 bits per heavy atom. The predicted molar refractivity (Wildman–Crippen MR) is 147 cm³/mol. The van der Waals surface area contributed by atoms with Crippen LogP contribution in [0.2, 0.25) is 0 Å². The Kier molecular flexibility index (Phi) is 7.63. The van der Waals surface area contributed by atoms with Crippen LogP contribution in [0.5, 0.6) is 23.0 Å². The van der Waals surface area contributed by atoms with Gasteiger partial charge in [-0.05, 0) is 42.6 Å². The first-order valence-electron chi connectivity index (χ1n) is 13.3. The molecule has 2 aliphatic rings. The number of carbonyl (C=O) groups is 1. The number of nitrogens with two attached hydrogens (primary N) is 1. The third-order valence-corrected chi connectivity index (χ3v) is 8.06. The molecule has 4 N–H and O–H groups in total. The van der Waals surface area contributed by atoms with Crippen LogP contribution < -0.4 is 24.7 Å². The van der Waals surface area contributed by atoms with Crippen LogP contribution in [0.25, 0.3) is 0 Å². The second kappa shape index (κ2) is 11.0. The van der Waals surface area contributed by atoms with Crippen LogP contribution in [0.3, 0.4) is 0 Å². The zero-order chi connectivity index (χ0) is 28.5. The summed E-state index contributed by atoms with van der Waals surface area (Å²) in [4.78, 5) is 13.3. The first-order chi connectivity index (χ1) is 19.4. The van der Waals surface area contributed by atoms with Gasteiger partial charge in [0.1, 0.15) is 29.1 Å². The van der Waals surface area contributed by atoms with Gasteiger partial charge in [-0.15, -0.1) is 0 Å². The van der Waals surface area contributed by atoms with Crippen LogP contribution in [0.15, 0.2) is 66.7 Å². The van der Waals surface area contributed by atoms with Crippen LogP contribution in [-0.4, -0.2) is 56.8 Å². The number of aliphatic hydroxyl groups is 2. The van der Waals surface area contributed by atoms with Crippen LogP contribution in [0.4, 0.5) is 0 Å². The van der Waals surface area contributed by atoms with Crippen molar-refractivity contribution < 1.29 is 38.7 Å². The number of hydrogen-bond acceptors (Lipinski definition) is 9. The van der Waals surface area contributed by atoms with E-state index in [4.69, 9.17) is 29.4 Å². The zero-order valence-corrected chi connectivity index (χ0v) is 22.8. The third kappa shape index (κ3) is 4.08. The minimum atomic E-state index is -2.11. The number of hydrogen-bond donors (Lipinski definition) is 3. The monoisotopic (exact) mass is 549 g/mol. The highest BCUT2D eigenvalue weighted by atomic mass is 16.6. The number of esters is 1. The summed E-state index contributed by atoms with van der Waals surface area (Å²) in [5.74, 6) is -1.04. The van der Waals surface area contributed by atoms with Crippen LogP contribution >= 0.6 is 0 Å². The van der Waals surface area contributed by atoms with Crippen molar-refractivity contribution in [3.63, 3.8) is 0 Å². The quantitative estimate of drug-likeness (QED) is 0.258. The molecule has 5 rings (SSSR count). The molecule has 1 fully saturated rings.